The molecule has 9 nitrogen and oxygen atoms in total. The zero-order chi connectivity index (χ0) is 16.9. The maximum absolute atomic E-state index is 11.3. The Hall–Kier alpha value is -2.16. The molecule has 22 heavy (non-hydrogen) atoms. The molecular weight excluding hydrogens is 298 g/mol. The number of carbonyl (C=O) groups is 4. The third-order valence-electron chi connectivity index (χ3n) is 2.70. The molecule has 0 bridgehead atoms. The molecule has 1 aliphatic rings. The Labute approximate surface area is 127 Å². The lowest BCUT2D eigenvalue weighted by molar-refractivity contribution is -0.229. The molecule has 1 N–H and O–H groups in total. The number of hydrogen-bond acceptors (Lipinski definition) is 8. The number of amides is 1. The molecule has 124 valence electrons. The smallest absolute Gasteiger partial charge is 0.303 e. The fourth-order valence-corrected chi connectivity index (χ4v) is 2.07. The lowest BCUT2D eigenvalue weighted by Crippen LogP contribution is -2.62. The summed E-state index contributed by atoms with van der Waals surface area (Å²) in [6.45, 7) is 4.64. The molecule has 1 aliphatic heterocycles. The Bertz CT molecular complexity index is 421. The molecule has 4 atom stereocenters. The van der Waals surface area contributed by atoms with Crippen molar-refractivity contribution >= 4 is 23.8 Å². The van der Waals surface area contributed by atoms with Gasteiger partial charge in [0.2, 0.25) is 5.91 Å². The van der Waals surface area contributed by atoms with Crippen LogP contribution in [0.25, 0.3) is 0 Å². The minimum atomic E-state index is -1.14. The van der Waals surface area contributed by atoms with Gasteiger partial charge in [-0.15, -0.1) is 0 Å². The van der Waals surface area contributed by atoms with Gasteiger partial charge in [0.1, 0.15) is 0 Å². The summed E-state index contributed by atoms with van der Waals surface area (Å²) in [5.74, 6) is -2.34. The predicted octanol–water partition coefficient (Wildman–Crippen LogP) is -0.726. The van der Waals surface area contributed by atoms with E-state index in [2.05, 4.69) is 5.32 Å². The van der Waals surface area contributed by atoms with Crippen molar-refractivity contribution in [3.63, 3.8) is 0 Å². The molecule has 1 rings (SSSR count). The fourth-order valence-electron chi connectivity index (χ4n) is 2.07. The van der Waals surface area contributed by atoms with Crippen molar-refractivity contribution in [3.8, 4) is 0 Å². The van der Waals surface area contributed by atoms with Crippen molar-refractivity contribution < 1.29 is 38.1 Å². The van der Waals surface area contributed by atoms with Gasteiger partial charge < -0.3 is 24.3 Å². The van der Waals surface area contributed by atoms with Crippen LogP contribution in [0.15, 0.2) is 0 Å². The van der Waals surface area contributed by atoms with Gasteiger partial charge in [-0.1, -0.05) is 0 Å². The van der Waals surface area contributed by atoms with Gasteiger partial charge >= 0.3 is 17.9 Å². The first-order valence-electron chi connectivity index (χ1n) is 6.61. The SMILES string of the molecule is CC(=O)N[C@@H]1OC[C@H](OC(C)=O)[C@H](OC(C)=O)[C@H]1OC(C)=O. The largest absolute Gasteiger partial charge is 0.456 e. The topological polar surface area (TPSA) is 117 Å². The minimum absolute atomic E-state index is 0.125. The van der Waals surface area contributed by atoms with Crippen molar-refractivity contribution in [3.05, 3.63) is 0 Å². The zero-order valence-corrected chi connectivity index (χ0v) is 12.8. The maximum atomic E-state index is 11.3. The number of rotatable bonds is 4. The van der Waals surface area contributed by atoms with Crippen LogP contribution >= 0.6 is 0 Å². The van der Waals surface area contributed by atoms with E-state index in [0.29, 0.717) is 0 Å². The molecule has 0 saturated carbocycles. The van der Waals surface area contributed by atoms with Crippen LogP contribution in [0.4, 0.5) is 0 Å². The molecule has 1 amide bonds. The van der Waals surface area contributed by atoms with Crippen LogP contribution in [-0.2, 0) is 38.1 Å². The molecule has 9 heteroatoms. The highest BCUT2D eigenvalue weighted by atomic mass is 16.6. The molecule has 0 aliphatic carbocycles. The van der Waals surface area contributed by atoms with E-state index >= 15 is 0 Å². The average Bonchev–Trinajstić information content (AvgIpc) is 2.34. The maximum Gasteiger partial charge on any atom is 0.303 e. The fraction of sp³-hybridized carbons (Fsp3) is 0.692. The second kappa shape index (κ2) is 7.74. The summed E-state index contributed by atoms with van der Waals surface area (Å²) in [6.07, 6.45) is -4.19. The first-order chi connectivity index (χ1) is 10.2. The van der Waals surface area contributed by atoms with Gasteiger partial charge in [-0.25, -0.2) is 0 Å². The van der Waals surface area contributed by atoms with Crippen LogP contribution in [0, 0.1) is 0 Å². The van der Waals surface area contributed by atoms with E-state index in [1.54, 1.807) is 0 Å². The van der Waals surface area contributed by atoms with Crippen molar-refractivity contribution in [1.82, 2.24) is 5.32 Å². The monoisotopic (exact) mass is 317 g/mol. The summed E-state index contributed by atoms with van der Waals surface area (Å²) in [5.41, 5.74) is 0. The van der Waals surface area contributed by atoms with E-state index in [4.69, 9.17) is 18.9 Å². The lowest BCUT2D eigenvalue weighted by atomic mass is 10.0. The van der Waals surface area contributed by atoms with Crippen LogP contribution in [0.2, 0.25) is 0 Å². The van der Waals surface area contributed by atoms with Gasteiger partial charge in [0.25, 0.3) is 0 Å². The third-order valence-corrected chi connectivity index (χ3v) is 2.70. The van der Waals surface area contributed by atoms with Crippen LogP contribution < -0.4 is 5.32 Å². The van der Waals surface area contributed by atoms with Gasteiger partial charge in [-0.2, -0.15) is 0 Å². The third kappa shape index (κ3) is 5.32. The van der Waals surface area contributed by atoms with Gasteiger partial charge in [-0.3, -0.25) is 19.2 Å². The van der Waals surface area contributed by atoms with Crippen molar-refractivity contribution in [2.24, 2.45) is 0 Å². The average molecular weight is 317 g/mol. The van der Waals surface area contributed by atoms with Crippen molar-refractivity contribution in [2.45, 2.75) is 52.2 Å². The molecule has 1 heterocycles. The molecule has 1 fully saturated rings. The zero-order valence-electron chi connectivity index (χ0n) is 12.8. The molecule has 1 saturated heterocycles. The molecule has 0 aromatic heterocycles. The Kier molecular flexibility index (Phi) is 6.29. The number of nitrogens with one attached hydrogen (secondary N) is 1. The van der Waals surface area contributed by atoms with Gasteiger partial charge in [0.15, 0.2) is 24.5 Å². The summed E-state index contributed by atoms with van der Waals surface area (Å²) < 4.78 is 20.6. The molecule has 0 aromatic rings. The minimum Gasteiger partial charge on any atom is -0.456 e. The standard InChI is InChI=1S/C13H19NO8/c1-6(15)14-13-12(22-9(4)18)11(21-8(3)17)10(5-19-13)20-7(2)16/h10-13H,5H2,1-4H3,(H,14,15)/t10-,11-,12+,13+/m0/s1. The highest BCUT2D eigenvalue weighted by Gasteiger charge is 2.47. The van der Waals surface area contributed by atoms with Gasteiger partial charge in [0.05, 0.1) is 6.61 Å². The summed E-state index contributed by atoms with van der Waals surface area (Å²) in [5, 5.41) is 2.44. The first-order valence-corrected chi connectivity index (χ1v) is 6.61. The van der Waals surface area contributed by atoms with E-state index in [-0.39, 0.29) is 6.61 Å². The van der Waals surface area contributed by atoms with Crippen molar-refractivity contribution in [1.29, 1.82) is 0 Å². The van der Waals surface area contributed by atoms with Crippen LogP contribution in [-0.4, -0.2) is 55.0 Å². The highest BCUT2D eigenvalue weighted by molar-refractivity contribution is 5.73. The summed E-state index contributed by atoms with van der Waals surface area (Å²) in [6, 6.07) is 0. The number of ether oxygens (including phenoxy) is 4. The molecule has 0 unspecified atom stereocenters. The summed E-state index contributed by atoms with van der Waals surface area (Å²) in [7, 11) is 0. The highest BCUT2D eigenvalue weighted by Crippen LogP contribution is 2.23. The van der Waals surface area contributed by atoms with E-state index in [9.17, 15) is 19.2 Å². The first kappa shape index (κ1) is 17.9. The summed E-state index contributed by atoms with van der Waals surface area (Å²) >= 11 is 0. The Morgan fingerprint density at radius 2 is 1.36 bits per heavy atom. The Balaban J connectivity index is 3.03. The van der Waals surface area contributed by atoms with E-state index in [1.165, 1.54) is 20.8 Å². The second-order valence-corrected chi connectivity index (χ2v) is 4.75. The molecule has 0 aromatic carbocycles. The van der Waals surface area contributed by atoms with Crippen LogP contribution in [0.5, 0.6) is 0 Å². The normalized spacial score (nSPS) is 27.5. The van der Waals surface area contributed by atoms with Gasteiger partial charge in [-0.05, 0) is 0 Å². The second-order valence-electron chi connectivity index (χ2n) is 4.75. The lowest BCUT2D eigenvalue weighted by Gasteiger charge is -2.40. The number of hydrogen-bond donors (Lipinski definition) is 1. The van der Waals surface area contributed by atoms with E-state index < -0.39 is 48.4 Å². The Morgan fingerprint density at radius 3 is 1.82 bits per heavy atom. The van der Waals surface area contributed by atoms with Crippen LogP contribution in [0.3, 0.4) is 0 Å². The summed E-state index contributed by atoms with van der Waals surface area (Å²) in [4.78, 5) is 44.9. The number of esters is 3. The molecule has 0 spiro atoms. The molecular formula is C13H19NO8. The molecule has 0 radical (unpaired) electrons. The Morgan fingerprint density at radius 1 is 0.864 bits per heavy atom. The number of carbonyl (C=O) groups excluding carboxylic acids is 4. The van der Waals surface area contributed by atoms with Crippen LogP contribution in [0.1, 0.15) is 27.7 Å². The quantitative estimate of drug-likeness (QED) is 0.533. The van der Waals surface area contributed by atoms with E-state index in [0.717, 1.165) is 6.92 Å². The van der Waals surface area contributed by atoms with Crippen molar-refractivity contribution in [2.75, 3.05) is 6.61 Å². The van der Waals surface area contributed by atoms with Gasteiger partial charge in [0, 0.05) is 27.7 Å². The van der Waals surface area contributed by atoms with E-state index in [1.807, 2.05) is 0 Å². The predicted molar refractivity (Wildman–Crippen MR) is 70.2 cm³/mol.